The van der Waals surface area contributed by atoms with Crippen LogP contribution in [0, 0.1) is 0 Å². The van der Waals surface area contributed by atoms with Gasteiger partial charge in [-0.25, -0.2) is 0 Å². The number of phenols is 1. The zero-order chi connectivity index (χ0) is 9.90. The molecule has 0 amide bonds. The summed E-state index contributed by atoms with van der Waals surface area (Å²) in [5.41, 5.74) is 0.947. The highest BCUT2D eigenvalue weighted by atomic mass is 16.3. The third-order valence-electron chi connectivity index (χ3n) is 2.29. The number of benzene rings is 1. The number of rotatable bonds is 3. The van der Waals surface area contributed by atoms with Crippen molar-refractivity contribution in [1.29, 1.82) is 0 Å². The lowest BCUT2D eigenvalue weighted by Crippen LogP contribution is -2.15. The van der Waals surface area contributed by atoms with Gasteiger partial charge in [-0.05, 0) is 23.5 Å². The number of para-hydroxylation sites is 1. The Labute approximate surface area is 79.7 Å². The quantitative estimate of drug-likeness (QED) is 0.701. The summed E-state index contributed by atoms with van der Waals surface area (Å²) in [6.07, 6.45) is 2.75. The van der Waals surface area contributed by atoms with Crippen LogP contribution in [-0.4, -0.2) is 5.11 Å². The first-order valence-corrected chi connectivity index (χ1v) is 4.47. The second-order valence-corrected chi connectivity index (χ2v) is 3.89. The third kappa shape index (κ3) is 2.11. The van der Waals surface area contributed by atoms with E-state index in [9.17, 15) is 5.11 Å². The van der Waals surface area contributed by atoms with E-state index in [1.54, 1.807) is 6.07 Å². The van der Waals surface area contributed by atoms with Crippen molar-refractivity contribution in [2.75, 3.05) is 0 Å². The minimum absolute atomic E-state index is 0.0346. The van der Waals surface area contributed by atoms with Crippen molar-refractivity contribution in [2.45, 2.75) is 25.7 Å². The Morgan fingerprint density at radius 3 is 2.54 bits per heavy atom. The Hall–Kier alpha value is -1.24. The first-order chi connectivity index (χ1) is 6.08. The van der Waals surface area contributed by atoms with E-state index in [-0.39, 0.29) is 5.41 Å². The fourth-order valence-electron chi connectivity index (χ4n) is 1.52. The van der Waals surface area contributed by atoms with Crippen molar-refractivity contribution in [3.8, 4) is 5.75 Å². The van der Waals surface area contributed by atoms with Gasteiger partial charge in [-0.2, -0.15) is 0 Å². The van der Waals surface area contributed by atoms with Gasteiger partial charge < -0.3 is 5.11 Å². The smallest absolute Gasteiger partial charge is 0.119 e. The van der Waals surface area contributed by atoms with Crippen molar-refractivity contribution < 1.29 is 5.11 Å². The van der Waals surface area contributed by atoms with Crippen LogP contribution in [0.2, 0.25) is 0 Å². The first-order valence-electron chi connectivity index (χ1n) is 4.47. The zero-order valence-electron chi connectivity index (χ0n) is 8.25. The summed E-state index contributed by atoms with van der Waals surface area (Å²) < 4.78 is 0. The molecule has 0 atom stereocenters. The molecule has 0 saturated carbocycles. The van der Waals surface area contributed by atoms with E-state index in [0.717, 1.165) is 12.0 Å². The van der Waals surface area contributed by atoms with E-state index >= 15 is 0 Å². The molecule has 1 N–H and O–H groups in total. The molecule has 0 aliphatic heterocycles. The van der Waals surface area contributed by atoms with Crippen molar-refractivity contribution in [3.05, 3.63) is 42.5 Å². The summed E-state index contributed by atoms with van der Waals surface area (Å²) >= 11 is 0. The van der Waals surface area contributed by atoms with Crippen LogP contribution in [-0.2, 0) is 5.41 Å². The van der Waals surface area contributed by atoms with Crippen LogP contribution in [0.25, 0.3) is 0 Å². The molecule has 1 heteroatoms. The molecule has 0 bridgehead atoms. The predicted molar refractivity (Wildman–Crippen MR) is 55.9 cm³/mol. The van der Waals surface area contributed by atoms with Crippen LogP contribution in [0.4, 0.5) is 0 Å². The van der Waals surface area contributed by atoms with Crippen LogP contribution < -0.4 is 0 Å². The molecule has 0 unspecified atom stereocenters. The maximum atomic E-state index is 9.64. The average Bonchev–Trinajstić information content (AvgIpc) is 2.04. The van der Waals surface area contributed by atoms with Crippen LogP contribution in [0.15, 0.2) is 36.9 Å². The summed E-state index contributed by atoms with van der Waals surface area (Å²) in [5, 5.41) is 9.64. The number of phenolic OH excluding ortho intramolecular Hbond substituents is 1. The number of hydrogen-bond acceptors (Lipinski definition) is 1. The molecule has 0 saturated heterocycles. The Kier molecular flexibility index (Phi) is 2.76. The molecule has 1 aromatic rings. The molecule has 0 aliphatic rings. The summed E-state index contributed by atoms with van der Waals surface area (Å²) in [7, 11) is 0. The van der Waals surface area contributed by atoms with Gasteiger partial charge in [-0.1, -0.05) is 38.1 Å². The summed E-state index contributed by atoms with van der Waals surface area (Å²) in [6.45, 7) is 7.92. The lowest BCUT2D eigenvalue weighted by Gasteiger charge is -2.24. The van der Waals surface area contributed by atoms with E-state index in [1.165, 1.54) is 0 Å². The molecule has 70 valence electrons. The maximum Gasteiger partial charge on any atom is 0.119 e. The Morgan fingerprint density at radius 1 is 1.38 bits per heavy atom. The molecule has 13 heavy (non-hydrogen) atoms. The van der Waals surface area contributed by atoms with Crippen LogP contribution in [0.1, 0.15) is 25.8 Å². The third-order valence-corrected chi connectivity index (χ3v) is 2.29. The monoisotopic (exact) mass is 176 g/mol. The number of aromatic hydroxyl groups is 1. The topological polar surface area (TPSA) is 20.2 Å². The second-order valence-electron chi connectivity index (χ2n) is 3.89. The van der Waals surface area contributed by atoms with Crippen molar-refractivity contribution in [1.82, 2.24) is 0 Å². The Bertz CT molecular complexity index is 300. The Balaban J connectivity index is 3.06. The Morgan fingerprint density at radius 2 is 2.00 bits per heavy atom. The summed E-state index contributed by atoms with van der Waals surface area (Å²) in [5.74, 6) is 0.370. The number of allylic oxidation sites excluding steroid dienone is 1. The fraction of sp³-hybridized carbons (Fsp3) is 0.333. The van der Waals surface area contributed by atoms with Gasteiger partial charge in [0, 0.05) is 0 Å². The molecule has 0 aliphatic carbocycles. The van der Waals surface area contributed by atoms with Crippen LogP contribution in [0.5, 0.6) is 5.75 Å². The highest BCUT2D eigenvalue weighted by Crippen LogP contribution is 2.33. The van der Waals surface area contributed by atoms with Gasteiger partial charge in [0.25, 0.3) is 0 Å². The molecule has 1 rings (SSSR count). The molecular weight excluding hydrogens is 160 g/mol. The molecule has 0 heterocycles. The van der Waals surface area contributed by atoms with Crippen molar-refractivity contribution >= 4 is 0 Å². The van der Waals surface area contributed by atoms with Gasteiger partial charge in [0.05, 0.1) is 0 Å². The zero-order valence-corrected chi connectivity index (χ0v) is 8.25. The molecule has 0 radical (unpaired) electrons. The second kappa shape index (κ2) is 3.65. The molecule has 0 fully saturated rings. The van der Waals surface area contributed by atoms with E-state index in [1.807, 2.05) is 24.3 Å². The molecule has 0 aromatic heterocycles. The molecule has 0 spiro atoms. The minimum Gasteiger partial charge on any atom is -0.508 e. The van der Waals surface area contributed by atoms with Crippen molar-refractivity contribution in [3.63, 3.8) is 0 Å². The van der Waals surface area contributed by atoms with Gasteiger partial charge in [-0.3, -0.25) is 0 Å². The van der Waals surface area contributed by atoms with Crippen molar-refractivity contribution in [2.24, 2.45) is 0 Å². The maximum absolute atomic E-state index is 9.64. The average molecular weight is 176 g/mol. The van der Waals surface area contributed by atoms with Gasteiger partial charge in [0.15, 0.2) is 0 Å². The van der Waals surface area contributed by atoms with E-state index in [0.29, 0.717) is 5.75 Å². The standard InChI is InChI=1S/C12H16O/c1-4-9-12(2,3)10-7-5-6-8-11(10)13/h4-8,13H,1,9H2,2-3H3. The SMILES string of the molecule is C=CCC(C)(C)c1ccccc1O. The molecule has 1 aromatic carbocycles. The lowest BCUT2D eigenvalue weighted by molar-refractivity contribution is 0.436. The van der Waals surface area contributed by atoms with Crippen LogP contribution >= 0.6 is 0 Å². The minimum atomic E-state index is -0.0346. The van der Waals surface area contributed by atoms with E-state index in [4.69, 9.17) is 0 Å². The first kappa shape index (κ1) is 9.85. The highest BCUT2D eigenvalue weighted by molar-refractivity contribution is 5.37. The highest BCUT2D eigenvalue weighted by Gasteiger charge is 2.21. The largest absolute Gasteiger partial charge is 0.508 e. The normalized spacial score (nSPS) is 11.2. The van der Waals surface area contributed by atoms with E-state index in [2.05, 4.69) is 20.4 Å². The van der Waals surface area contributed by atoms with Gasteiger partial charge in [0.2, 0.25) is 0 Å². The molecular formula is C12H16O. The fourth-order valence-corrected chi connectivity index (χ4v) is 1.52. The van der Waals surface area contributed by atoms with Gasteiger partial charge >= 0.3 is 0 Å². The predicted octanol–water partition coefficient (Wildman–Crippen LogP) is 3.25. The number of hydrogen-bond donors (Lipinski definition) is 1. The van der Waals surface area contributed by atoms with E-state index < -0.39 is 0 Å². The van der Waals surface area contributed by atoms with Gasteiger partial charge in [0.1, 0.15) is 5.75 Å². The summed E-state index contributed by atoms with van der Waals surface area (Å²) in [4.78, 5) is 0. The van der Waals surface area contributed by atoms with Gasteiger partial charge in [-0.15, -0.1) is 6.58 Å². The van der Waals surface area contributed by atoms with Crippen LogP contribution in [0.3, 0.4) is 0 Å². The molecule has 1 nitrogen and oxygen atoms in total. The lowest BCUT2D eigenvalue weighted by atomic mass is 9.81. The summed E-state index contributed by atoms with van der Waals surface area (Å²) in [6, 6.07) is 7.46.